The number of nitrogens with zero attached hydrogens (tertiary/aromatic N) is 3. The summed E-state index contributed by atoms with van der Waals surface area (Å²) in [5.41, 5.74) is 2.90. The third-order valence-corrected chi connectivity index (χ3v) is 4.75. The van der Waals surface area contributed by atoms with Gasteiger partial charge in [0, 0.05) is 16.9 Å². The molecule has 0 radical (unpaired) electrons. The van der Waals surface area contributed by atoms with Crippen LogP contribution in [0.15, 0.2) is 72.2 Å². The van der Waals surface area contributed by atoms with Gasteiger partial charge in [-0.2, -0.15) is 10.1 Å². The number of anilines is 2. The first-order valence-electron chi connectivity index (χ1n) is 9.64. The van der Waals surface area contributed by atoms with Gasteiger partial charge in [-0.15, -0.1) is 0 Å². The fraction of sp³-hybridized carbons (Fsp3) is 0.227. The molecule has 2 heterocycles. The van der Waals surface area contributed by atoms with Gasteiger partial charge in [-0.3, -0.25) is 4.79 Å². The number of rotatable bonds is 6. The Bertz CT molecular complexity index is 1040. The lowest BCUT2D eigenvalue weighted by atomic mass is 9.94. The van der Waals surface area contributed by atoms with Crippen molar-refractivity contribution in [1.29, 1.82) is 0 Å². The van der Waals surface area contributed by atoms with Crippen molar-refractivity contribution >= 4 is 17.5 Å². The number of carbonyl (C=O) groups is 1. The molecule has 7 nitrogen and oxygen atoms in total. The second kappa shape index (κ2) is 8.18. The van der Waals surface area contributed by atoms with E-state index < -0.39 is 6.04 Å². The van der Waals surface area contributed by atoms with Crippen molar-refractivity contribution in [3.63, 3.8) is 0 Å². The maximum Gasteiger partial charge on any atom is 0.255 e. The molecule has 148 valence electrons. The Balaban J connectivity index is 1.78. The van der Waals surface area contributed by atoms with Crippen LogP contribution >= 0.6 is 0 Å². The van der Waals surface area contributed by atoms with Gasteiger partial charge in [0.25, 0.3) is 5.91 Å². The second-order valence-corrected chi connectivity index (χ2v) is 6.80. The largest absolute Gasteiger partial charge is 0.493 e. The van der Waals surface area contributed by atoms with E-state index in [-0.39, 0.29) is 5.91 Å². The van der Waals surface area contributed by atoms with Crippen LogP contribution in [0.5, 0.6) is 5.75 Å². The Labute approximate surface area is 169 Å². The number of amides is 1. The van der Waals surface area contributed by atoms with E-state index in [1.165, 1.54) is 6.33 Å². The van der Waals surface area contributed by atoms with Crippen molar-refractivity contribution in [2.75, 3.05) is 17.2 Å². The summed E-state index contributed by atoms with van der Waals surface area (Å²) in [7, 11) is 0. The summed E-state index contributed by atoms with van der Waals surface area (Å²) < 4.78 is 7.70. The highest BCUT2D eigenvalue weighted by Gasteiger charge is 2.35. The van der Waals surface area contributed by atoms with Gasteiger partial charge in [0.1, 0.15) is 18.1 Å². The number of fused-ring (bicyclic) bond motifs is 1. The number of hydrogen-bond acceptors (Lipinski definition) is 5. The van der Waals surface area contributed by atoms with Crippen LogP contribution < -0.4 is 15.4 Å². The van der Waals surface area contributed by atoms with Crippen LogP contribution in [-0.2, 0) is 4.79 Å². The minimum Gasteiger partial charge on any atom is -0.493 e. The molecule has 3 aromatic rings. The molecule has 0 saturated carbocycles. The van der Waals surface area contributed by atoms with E-state index in [2.05, 4.69) is 27.6 Å². The summed E-state index contributed by atoms with van der Waals surface area (Å²) in [5.74, 6) is 1.13. The van der Waals surface area contributed by atoms with Gasteiger partial charge in [-0.25, -0.2) is 4.68 Å². The third kappa shape index (κ3) is 3.71. The van der Waals surface area contributed by atoms with Crippen LogP contribution in [0.2, 0.25) is 0 Å². The van der Waals surface area contributed by atoms with E-state index in [9.17, 15) is 4.79 Å². The van der Waals surface area contributed by atoms with Crippen molar-refractivity contribution in [2.45, 2.75) is 26.3 Å². The number of carbonyl (C=O) groups excluding carboxylic acids is 1. The van der Waals surface area contributed by atoms with Gasteiger partial charge in [0.05, 0.1) is 12.2 Å². The van der Waals surface area contributed by atoms with E-state index in [0.29, 0.717) is 18.1 Å². The zero-order valence-corrected chi connectivity index (χ0v) is 16.4. The molecule has 29 heavy (non-hydrogen) atoms. The number of para-hydroxylation sites is 2. The molecule has 1 unspecified atom stereocenters. The quantitative estimate of drug-likeness (QED) is 0.666. The van der Waals surface area contributed by atoms with Crippen LogP contribution in [0.4, 0.5) is 11.6 Å². The van der Waals surface area contributed by atoms with Gasteiger partial charge in [-0.1, -0.05) is 43.3 Å². The number of ether oxygens (including phenoxy) is 1. The van der Waals surface area contributed by atoms with Crippen LogP contribution in [0, 0.1) is 0 Å². The molecule has 4 rings (SSSR count). The molecule has 2 N–H and O–H groups in total. The lowest BCUT2D eigenvalue weighted by Crippen LogP contribution is -2.31. The predicted molar refractivity (Wildman–Crippen MR) is 112 cm³/mol. The Kier molecular flexibility index (Phi) is 5.29. The highest BCUT2D eigenvalue weighted by molar-refractivity contribution is 6.06. The normalized spacial score (nSPS) is 15.4. The van der Waals surface area contributed by atoms with E-state index in [4.69, 9.17) is 4.74 Å². The molecule has 2 aromatic carbocycles. The molecular formula is C22H23N5O2. The standard InChI is InChI=1S/C22H23N5O2/c1-3-13-29-18-12-8-7-11-17(18)20-19(15(2)25-22-23-14-24-27(20)22)21(28)26-16-9-5-4-6-10-16/h4-12,14,20H,3,13H2,1-2H3,(H,26,28)(H,23,24,25). The fourth-order valence-corrected chi connectivity index (χ4v) is 3.44. The predicted octanol–water partition coefficient (Wildman–Crippen LogP) is 3.99. The number of hydrogen-bond donors (Lipinski definition) is 2. The smallest absolute Gasteiger partial charge is 0.255 e. The third-order valence-electron chi connectivity index (χ3n) is 4.75. The summed E-state index contributed by atoms with van der Waals surface area (Å²) >= 11 is 0. The first-order chi connectivity index (χ1) is 14.2. The second-order valence-electron chi connectivity index (χ2n) is 6.80. The van der Waals surface area contributed by atoms with E-state index >= 15 is 0 Å². The van der Waals surface area contributed by atoms with E-state index in [1.54, 1.807) is 4.68 Å². The van der Waals surface area contributed by atoms with Crippen molar-refractivity contribution in [2.24, 2.45) is 0 Å². The SMILES string of the molecule is CCCOc1ccccc1C1C(C(=O)Nc2ccccc2)=C(C)Nc2ncnn21. The Morgan fingerprint density at radius 2 is 1.93 bits per heavy atom. The fourth-order valence-electron chi connectivity index (χ4n) is 3.44. The minimum atomic E-state index is -0.453. The van der Waals surface area contributed by atoms with Crippen LogP contribution in [0.25, 0.3) is 0 Å². The topological polar surface area (TPSA) is 81.1 Å². The van der Waals surface area contributed by atoms with Crippen LogP contribution in [0.3, 0.4) is 0 Å². The average molecular weight is 389 g/mol. The van der Waals surface area contributed by atoms with Gasteiger partial charge < -0.3 is 15.4 Å². The summed E-state index contributed by atoms with van der Waals surface area (Å²) in [6.45, 7) is 4.53. The van der Waals surface area contributed by atoms with Gasteiger partial charge in [-0.05, 0) is 31.5 Å². The zero-order valence-electron chi connectivity index (χ0n) is 16.4. The van der Waals surface area contributed by atoms with E-state index in [1.807, 2.05) is 61.5 Å². The average Bonchev–Trinajstić information content (AvgIpc) is 3.20. The minimum absolute atomic E-state index is 0.197. The maximum absolute atomic E-state index is 13.3. The van der Waals surface area contributed by atoms with Crippen molar-refractivity contribution in [1.82, 2.24) is 14.8 Å². The highest BCUT2D eigenvalue weighted by atomic mass is 16.5. The molecule has 1 amide bonds. The molecule has 1 aromatic heterocycles. The van der Waals surface area contributed by atoms with Gasteiger partial charge in [0.2, 0.25) is 5.95 Å². The Hall–Kier alpha value is -3.61. The molecule has 0 aliphatic carbocycles. The number of nitrogens with one attached hydrogen (secondary N) is 2. The first-order valence-corrected chi connectivity index (χ1v) is 9.64. The van der Waals surface area contributed by atoms with Gasteiger partial charge in [0.15, 0.2) is 0 Å². The van der Waals surface area contributed by atoms with Crippen molar-refractivity contribution < 1.29 is 9.53 Å². The molecule has 0 bridgehead atoms. The van der Waals surface area contributed by atoms with Crippen molar-refractivity contribution in [3.8, 4) is 5.75 Å². The summed E-state index contributed by atoms with van der Waals surface area (Å²) in [6, 6.07) is 16.7. The number of benzene rings is 2. The Morgan fingerprint density at radius 3 is 2.72 bits per heavy atom. The summed E-state index contributed by atoms with van der Waals surface area (Å²) in [6.07, 6.45) is 2.38. The summed E-state index contributed by atoms with van der Waals surface area (Å²) in [4.78, 5) is 17.6. The molecule has 1 aliphatic heterocycles. The molecule has 0 spiro atoms. The van der Waals surface area contributed by atoms with Crippen LogP contribution in [0.1, 0.15) is 31.9 Å². The lowest BCUT2D eigenvalue weighted by molar-refractivity contribution is -0.113. The highest BCUT2D eigenvalue weighted by Crippen LogP contribution is 2.39. The monoisotopic (exact) mass is 389 g/mol. The zero-order chi connectivity index (χ0) is 20.2. The first kappa shape index (κ1) is 18.7. The van der Waals surface area contributed by atoms with Crippen molar-refractivity contribution in [3.05, 3.63) is 77.8 Å². The summed E-state index contributed by atoms with van der Waals surface area (Å²) in [5, 5.41) is 10.6. The Morgan fingerprint density at radius 1 is 1.17 bits per heavy atom. The molecule has 1 aliphatic rings. The van der Waals surface area contributed by atoms with E-state index in [0.717, 1.165) is 29.1 Å². The number of allylic oxidation sites excluding steroid dienone is 1. The maximum atomic E-state index is 13.3. The molecule has 0 fully saturated rings. The molecule has 7 heteroatoms. The van der Waals surface area contributed by atoms with Crippen LogP contribution in [-0.4, -0.2) is 27.3 Å². The lowest BCUT2D eigenvalue weighted by Gasteiger charge is -2.29. The number of aromatic nitrogens is 3. The molecule has 1 atom stereocenters. The van der Waals surface area contributed by atoms with Gasteiger partial charge >= 0.3 is 0 Å². The molecule has 0 saturated heterocycles. The molecular weight excluding hydrogens is 366 g/mol.